The maximum Gasteiger partial charge on any atom is 0.220 e. The summed E-state index contributed by atoms with van der Waals surface area (Å²) in [6.45, 7) is 3.32. The monoisotopic (exact) mass is 312 g/mol. The molecule has 0 spiro atoms. The molecule has 2 aromatic carbocycles. The number of carbonyl (C=O) groups is 1. The Labute approximate surface area is 137 Å². The van der Waals surface area contributed by atoms with E-state index in [-0.39, 0.29) is 5.91 Å². The van der Waals surface area contributed by atoms with Crippen LogP contribution in [0.1, 0.15) is 30.9 Å². The van der Waals surface area contributed by atoms with Crippen LogP contribution in [0.25, 0.3) is 0 Å². The lowest BCUT2D eigenvalue weighted by molar-refractivity contribution is -0.121. The highest BCUT2D eigenvalue weighted by Gasteiger charge is 2.04. The number of benzene rings is 2. The highest BCUT2D eigenvalue weighted by Crippen LogP contribution is 2.14. The highest BCUT2D eigenvalue weighted by molar-refractivity contribution is 5.76. The predicted molar refractivity (Wildman–Crippen MR) is 93.3 cm³/mol. The van der Waals surface area contributed by atoms with Crippen LogP contribution in [-0.2, 0) is 17.8 Å². The zero-order valence-electron chi connectivity index (χ0n) is 13.5. The van der Waals surface area contributed by atoms with Crippen LogP contribution < -0.4 is 15.8 Å². The summed E-state index contributed by atoms with van der Waals surface area (Å²) in [5, 5.41) is 2.93. The molecule has 0 saturated carbocycles. The van der Waals surface area contributed by atoms with Crippen LogP contribution in [0, 0.1) is 0 Å². The molecule has 2 rings (SSSR count). The zero-order valence-corrected chi connectivity index (χ0v) is 13.5. The van der Waals surface area contributed by atoms with Crippen molar-refractivity contribution in [1.29, 1.82) is 0 Å². The molecule has 0 radical (unpaired) electrons. The first-order valence-corrected chi connectivity index (χ1v) is 8.01. The highest BCUT2D eigenvalue weighted by atomic mass is 16.5. The average Bonchev–Trinajstić information content (AvgIpc) is 2.58. The Morgan fingerprint density at radius 1 is 1.13 bits per heavy atom. The van der Waals surface area contributed by atoms with E-state index in [1.165, 1.54) is 0 Å². The number of hydrogen-bond acceptors (Lipinski definition) is 3. The molecule has 23 heavy (non-hydrogen) atoms. The fraction of sp³-hybridized carbons (Fsp3) is 0.316. The van der Waals surface area contributed by atoms with Crippen molar-refractivity contribution < 1.29 is 9.53 Å². The van der Waals surface area contributed by atoms with Crippen LogP contribution in [-0.4, -0.2) is 12.5 Å². The molecule has 0 aliphatic heterocycles. The smallest absolute Gasteiger partial charge is 0.220 e. The Balaban J connectivity index is 1.75. The summed E-state index contributed by atoms with van der Waals surface area (Å²) in [7, 11) is 0. The van der Waals surface area contributed by atoms with Crippen molar-refractivity contribution in [1.82, 2.24) is 5.32 Å². The van der Waals surface area contributed by atoms with Crippen LogP contribution in [0.5, 0.6) is 5.75 Å². The Bertz CT molecular complexity index is 624. The van der Waals surface area contributed by atoms with Gasteiger partial charge in [-0.1, -0.05) is 37.3 Å². The molecule has 0 aliphatic rings. The zero-order chi connectivity index (χ0) is 16.5. The van der Waals surface area contributed by atoms with Gasteiger partial charge in [0.2, 0.25) is 5.91 Å². The molecule has 2 aromatic rings. The summed E-state index contributed by atoms with van der Waals surface area (Å²) < 4.78 is 5.54. The Kier molecular flexibility index (Phi) is 6.48. The fourth-order valence-corrected chi connectivity index (χ4v) is 2.22. The molecular formula is C19H24N2O2. The first-order chi connectivity index (χ1) is 11.2. The van der Waals surface area contributed by atoms with Gasteiger partial charge in [0, 0.05) is 18.7 Å². The van der Waals surface area contributed by atoms with Gasteiger partial charge in [-0.2, -0.15) is 0 Å². The van der Waals surface area contributed by atoms with Crippen LogP contribution in [0.2, 0.25) is 0 Å². The molecule has 0 unspecified atom stereocenters. The van der Waals surface area contributed by atoms with Crippen LogP contribution in [0.15, 0.2) is 48.5 Å². The number of nitrogens with two attached hydrogens (primary N) is 1. The van der Waals surface area contributed by atoms with Gasteiger partial charge in [-0.25, -0.2) is 0 Å². The number of para-hydroxylation sites is 1. The van der Waals surface area contributed by atoms with E-state index >= 15 is 0 Å². The normalized spacial score (nSPS) is 10.3. The predicted octanol–water partition coefficient (Wildman–Crippen LogP) is 3.31. The third-order valence-corrected chi connectivity index (χ3v) is 3.56. The lowest BCUT2D eigenvalue weighted by Gasteiger charge is -2.08. The number of nitrogen functional groups attached to an aromatic ring is 1. The second-order valence-corrected chi connectivity index (χ2v) is 5.47. The van der Waals surface area contributed by atoms with Gasteiger partial charge in [0.15, 0.2) is 0 Å². The lowest BCUT2D eigenvalue weighted by atomic mass is 10.1. The molecule has 122 valence electrons. The summed E-state index contributed by atoms with van der Waals surface area (Å²) in [4.78, 5) is 11.9. The van der Waals surface area contributed by atoms with Gasteiger partial charge in [-0.15, -0.1) is 0 Å². The maximum atomic E-state index is 11.9. The van der Waals surface area contributed by atoms with E-state index in [4.69, 9.17) is 10.5 Å². The SMILES string of the molecule is CCCOc1ccc(CNC(=O)CCc2ccccc2N)cc1. The van der Waals surface area contributed by atoms with Gasteiger partial charge >= 0.3 is 0 Å². The maximum absolute atomic E-state index is 11.9. The number of carbonyl (C=O) groups excluding carboxylic acids is 1. The molecule has 4 nitrogen and oxygen atoms in total. The number of anilines is 1. The van der Waals surface area contributed by atoms with Crippen molar-refractivity contribution in [3.63, 3.8) is 0 Å². The van der Waals surface area contributed by atoms with Crippen molar-refractivity contribution in [2.45, 2.75) is 32.7 Å². The molecule has 4 heteroatoms. The molecule has 0 heterocycles. The molecule has 0 aromatic heterocycles. The number of ether oxygens (including phenoxy) is 1. The topological polar surface area (TPSA) is 64.3 Å². The van der Waals surface area contributed by atoms with E-state index < -0.39 is 0 Å². The van der Waals surface area contributed by atoms with Crippen molar-refractivity contribution in [2.24, 2.45) is 0 Å². The van der Waals surface area contributed by atoms with Crippen LogP contribution >= 0.6 is 0 Å². The molecule has 0 saturated heterocycles. The first-order valence-electron chi connectivity index (χ1n) is 8.01. The first kappa shape index (κ1) is 16.9. The van der Waals surface area contributed by atoms with Gasteiger partial charge < -0.3 is 15.8 Å². The number of nitrogens with one attached hydrogen (secondary N) is 1. The molecule has 3 N–H and O–H groups in total. The van der Waals surface area contributed by atoms with Gasteiger partial charge in [-0.3, -0.25) is 4.79 Å². The molecule has 0 fully saturated rings. The average molecular weight is 312 g/mol. The third kappa shape index (κ3) is 5.66. The van der Waals surface area contributed by atoms with E-state index in [9.17, 15) is 4.79 Å². The Morgan fingerprint density at radius 3 is 2.57 bits per heavy atom. The van der Waals surface area contributed by atoms with Gasteiger partial charge in [0.1, 0.15) is 5.75 Å². The third-order valence-electron chi connectivity index (χ3n) is 3.56. The van der Waals surface area contributed by atoms with Crippen molar-refractivity contribution >= 4 is 11.6 Å². The second kappa shape index (κ2) is 8.83. The Hall–Kier alpha value is -2.49. The van der Waals surface area contributed by atoms with Crippen molar-refractivity contribution in [3.8, 4) is 5.75 Å². The number of hydrogen-bond donors (Lipinski definition) is 2. The van der Waals surface area contributed by atoms with E-state index in [1.807, 2.05) is 48.5 Å². The van der Waals surface area contributed by atoms with E-state index in [1.54, 1.807) is 0 Å². The summed E-state index contributed by atoms with van der Waals surface area (Å²) >= 11 is 0. The summed E-state index contributed by atoms with van der Waals surface area (Å²) in [5.74, 6) is 0.890. The quantitative estimate of drug-likeness (QED) is 0.735. The van der Waals surface area contributed by atoms with Crippen molar-refractivity contribution in [3.05, 3.63) is 59.7 Å². The summed E-state index contributed by atoms with van der Waals surface area (Å²) in [6, 6.07) is 15.5. The number of rotatable bonds is 8. The van der Waals surface area contributed by atoms with E-state index in [2.05, 4.69) is 12.2 Å². The fourth-order valence-electron chi connectivity index (χ4n) is 2.22. The standard InChI is InChI=1S/C19H24N2O2/c1-2-13-23-17-10-7-15(8-11-17)14-21-19(22)12-9-16-5-3-4-6-18(16)20/h3-8,10-11H,2,9,12-14,20H2,1H3,(H,21,22). The van der Waals surface area contributed by atoms with Crippen LogP contribution in [0.3, 0.4) is 0 Å². The van der Waals surface area contributed by atoms with Crippen LogP contribution in [0.4, 0.5) is 5.69 Å². The summed E-state index contributed by atoms with van der Waals surface area (Å²) in [5.41, 5.74) is 8.69. The van der Waals surface area contributed by atoms with E-state index in [0.29, 0.717) is 19.4 Å². The number of aryl methyl sites for hydroxylation is 1. The minimum atomic E-state index is 0.0274. The molecule has 1 amide bonds. The minimum Gasteiger partial charge on any atom is -0.494 e. The molecular weight excluding hydrogens is 288 g/mol. The summed E-state index contributed by atoms with van der Waals surface area (Å²) in [6.07, 6.45) is 2.08. The largest absolute Gasteiger partial charge is 0.494 e. The van der Waals surface area contributed by atoms with Gasteiger partial charge in [0.05, 0.1) is 6.61 Å². The minimum absolute atomic E-state index is 0.0274. The lowest BCUT2D eigenvalue weighted by Crippen LogP contribution is -2.23. The number of amides is 1. The van der Waals surface area contributed by atoms with E-state index in [0.717, 1.165) is 35.6 Å². The molecule has 0 aliphatic carbocycles. The van der Waals surface area contributed by atoms with Gasteiger partial charge in [0.25, 0.3) is 0 Å². The van der Waals surface area contributed by atoms with Gasteiger partial charge in [-0.05, 0) is 42.2 Å². The molecule has 0 atom stereocenters. The molecule has 0 bridgehead atoms. The second-order valence-electron chi connectivity index (χ2n) is 5.47. The Morgan fingerprint density at radius 2 is 1.87 bits per heavy atom. The van der Waals surface area contributed by atoms with Crippen molar-refractivity contribution in [2.75, 3.05) is 12.3 Å².